The number of hydrogen-bond donors (Lipinski definition) is 1. The van der Waals surface area contributed by atoms with Crippen LogP contribution in [-0.4, -0.2) is 42.8 Å². The lowest BCUT2D eigenvalue weighted by atomic mass is 9.78. The first kappa shape index (κ1) is 21.6. The molecule has 6 rings (SSSR count). The van der Waals surface area contributed by atoms with Gasteiger partial charge in [0.15, 0.2) is 0 Å². The third kappa shape index (κ3) is 3.36. The van der Waals surface area contributed by atoms with Gasteiger partial charge in [0, 0.05) is 12.1 Å². The van der Waals surface area contributed by atoms with Crippen LogP contribution in [0.1, 0.15) is 47.9 Å². The summed E-state index contributed by atoms with van der Waals surface area (Å²) in [5.74, 6) is 0.127. The first-order chi connectivity index (χ1) is 16.5. The summed E-state index contributed by atoms with van der Waals surface area (Å²) in [5.41, 5.74) is 7.41. The molecule has 2 N–H and O–H groups in total. The Morgan fingerprint density at radius 1 is 1.20 bits per heavy atom. The summed E-state index contributed by atoms with van der Waals surface area (Å²) in [7, 11) is 0. The molecule has 1 saturated heterocycles. The van der Waals surface area contributed by atoms with Crippen LogP contribution < -0.4 is 10.5 Å². The van der Waals surface area contributed by atoms with Gasteiger partial charge in [0.05, 0.1) is 35.8 Å². The summed E-state index contributed by atoms with van der Waals surface area (Å²) in [6.07, 6.45) is 0.323. The molecule has 2 atom stereocenters. The average molecular weight is 482 g/mol. The van der Waals surface area contributed by atoms with Crippen LogP contribution in [-0.2, 0) is 6.18 Å². The van der Waals surface area contributed by atoms with E-state index < -0.39 is 23.9 Å². The van der Waals surface area contributed by atoms with Gasteiger partial charge in [0.1, 0.15) is 34.4 Å². The van der Waals surface area contributed by atoms with Gasteiger partial charge in [-0.05, 0) is 30.0 Å². The van der Waals surface area contributed by atoms with Crippen molar-refractivity contribution in [3.63, 3.8) is 0 Å². The Bertz CT molecular complexity index is 1510. The van der Waals surface area contributed by atoms with Crippen molar-refractivity contribution in [2.75, 3.05) is 12.3 Å². The number of carbonyl (C=O) groups is 1. The molecule has 0 spiro atoms. The Balaban J connectivity index is 1.43. The maximum absolute atomic E-state index is 13.8. The van der Waals surface area contributed by atoms with E-state index in [9.17, 15) is 18.0 Å². The number of alkyl halides is 3. The monoisotopic (exact) mass is 482 g/mol. The molecule has 0 aliphatic carbocycles. The van der Waals surface area contributed by atoms with E-state index in [0.717, 1.165) is 12.1 Å². The van der Waals surface area contributed by atoms with E-state index in [1.165, 1.54) is 12.3 Å². The van der Waals surface area contributed by atoms with Crippen molar-refractivity contribution in [3.05, 3.63) is 59.8 Å². The van der Waals surface area contributed by atoms with Gasteiger partial charge in [-0.2, -0.15) is 13.2 Å². The molecule has 4 aromatic rings. The fourth-order valence-corrected chi connectivity index (χ4v) is 5.22. The minimum Gasteiger partial charge on any atom is -0.488 e. The lowest BCUT2D eigenvalue weighted by Gasteiger charge is -2.44. The zero-order valence-corrected chi connectivity index (χ0v) is 18.9. The van der Waals surface area contributed by atoms with E-state index >= 15 is 0 Å². The minimum absolute atomic E-state index is 0.164. The number of amides is 1. The van der Waals surface area contributed by atoms with Crippen molar-refractivity contribution in [2.24, 2.45) is 5.41 Å². The number of hydrogen-bond acceptors (Lipinski definition) is 6. The van der Waals surface area contributed by atoms with E-state index in [0.29, 0.717) is 40.9 Å². The van der Waals surface area contributed by atoms with Crippen LogP contribution in [0.2, 0.25) is 0 Å². The smallest absolute Gasteiger partial charge is 0.416 e. The molecular weight excluding hydrogens is 461 g/mol. The highest BCUT2D eigenvalue weighted by Crippen LogP contribution is 2.50. The van der Waals surface area contributed by atoms with Crippen LogP contribution in [0.4, 0.5) is 19.0 Å². The number of nitrogen functional groups attached to an aromatic ring is 1. The van der Waals surface area contributed by atoms with Crippen LogP contribution in [0.15, 0.2) is 43.0 Å². The number of halogens is 3. The Morgan fingerprint density at radius 3 is 2.77 bits per heavy atom. The molecule has 2 aliphatic heterocycles. The summed E-state index contributed by atoms with van der Waals surface area (Å²) in [4.78, 5) is 28.3. The van der Waals surface area contributed by atoms with Crippen LogP contribution in [0.25, 0.3) is 16.6 Å². The highest BCUT2D eigenvalue weighted by atomic mass is 19.4. The zero-order chi connectivity index (χ0) is 24.7. The van der Waals surface area contributed by atoms with Gasteiger partial charge in [0.25, 0.3) is 5.91 Å². The maximum atomic E-state index is 13.8. The lowest BCUT2D eigenvalue weighted by Crippen LogP contribution is -2.51. The van der Waals surface area contributed by atoms with Gasteiger partial charge in [-0.15, -0.1) is 0 Å². The molecule has 0 radical (unpaired) electrons. The number of rotatable bonds is 1. The number of nitrogens with zero attached hydrogens (tertiary/aromatic N) is 5. The number of likely N-dealkylation sites (tertiary alicyclic amines) is 1. The van der Waals surface area contributed by atoms with Crippen LogP contribution in [0.5, 0.6) is 5.75 Å². The second kappa shape index (κ2) is 7.06. The summed E-state index contributed by atoms with van der Waals surface area (Å²) in [5, 5.41) is 0. The predicted molar refractivity (Wildman–Crippen MR) is 121 cm³/mol. The van der Waals surface area contributed by atoms with Crippen molar-refractivity contribution in [2.45, 2.75) is 38.6 Å². The molecule has 1 amide bonds. The SMILES string of the molecule is CC1(C)C[C@H]2Oc3cc(C(F)(F)F)ccc3[C@H]2N(C(=O)c2cc3c(cn2)nc(N)c2cncn23)C1. The first-order valence-corrected chi connectivity index (χ1v) is 11.1. The molecular formula is C24H21F3N6O2. The quantitative estimate of drug-likeness (QED) is 0.436. The molecule has 180 valence electrons. The normalized spacial score (nSPS) is 21.1. The van der Waals surface area contributed by atoms with Crippen molar-refractivity contribution in [1.82, 2.24) is 24.3 Å². The summed E-state index contributed by atoms with van der Waals surface area (Å²) in [6, 6.07) is 4.59. The van der Waals surface area contributed by atoms with Gasteiger partial charge in [0.2, 0.25) is 0 Å². The third-order valence-corrected chi connectivity index (χ3v) is 6.72. The molecule has 8 nitrogen and oxygen atoms in total. The van der Waals surface area contributed by atoms with Crippen LogP contribution in [0, 0.1) is 5.41 Å². The highest BCUT2D eigenvalue weighted by molar-refractivity contribution is 5.96. The minimum atomic E-state index is -4.48. The Labute approximate surface area is 197 Å². The van der Waals surface area contributed by atoms with Crippen LogP contribution >= 0.6 is 0 Å². The van der Waals surface area contributed by atoms with E-state index in [-0.39, 0.29) is 22.8 Å². The topological polar surface area (TPSA) is 98.6 Å². The van der Waals surface area contributed by atoms with E-state index in [1.54, 1.807) is 27.9 Å². The number of aromatic nitrogens is 4. The summed E-state index contributed by atoms with van der Waals surface area (Å²) >= 11 is 0. The fraction of sp³-hybridized carbons (Fsp3) is 0.333. The fourth-order valence-electron chi connectivity index (χ4n) is 5.22. The third-order valence-electron chi connectivity index (χ3n) is 6.72. The molecule has 2 aliphatic rings. The molecule has 1 aromatic carbocycles. The first-order valence-electron chi connectivity index (χ1n) is 11.1. The van der Waals surface area contributed by atoms with Gasteiger partial charge in [-0.25, -0.2) is 15.0 Å². The number of imidazole rings is 1. The number of nitrogens with two attached hydrogens (primary N) is 1. The second-order valence-corrected chi connectivity index (χ2v) is 9.86. The number of anilines is 1. The molecule has 11 heteroatoms. The molecule has 0 saturated carbocycles. The predicted octanol–water partition coefficient (Wildman–Crippen LogP) is 4.25. The number of benzene rings is 1. The van der Waals surface area contributed by atoms with E-state index in [2.05, 4.69) is 15.0 Å². The number of fused-ring (bicyclic) bond motifs is 6. The second-order valence-electron chi connectivity index (χ2n) is 9.86. The Hall–Kier alpha value is -3.89. The molecule has 1 fully saturated rings. The Kier molecular flexibility index (Phi) is 4.36. The van der Waals surface area contributed by atoms with E-state index in [4.69, 9.17) is 10.5 Å². The van der Waals surface area contributed by atoms with Gasteiger partial charge >= 0.3 is 6.18 Å². The largest absolute Gasteiger partial charge is 0.488 e. The van der Waals surface area contributed by atoms with Crippen molar-refractivity contribution >= 4 is 28.3 Å². The molecule has 3 aromatic heterocycles. The van der Waals surface area contributed by atoms with Crippen molar-refractivity contribution < 1.29 is 22.7 Å². The lowest BCUT2D eigenvalue weighted by molar-refractivity contribution is -0.137. The number of ether oxygens (including phenoxy) is 1. The summed E-state index contributed by atoms with van der Waals surface area (Å²) in [6.45, 7) is 4.41. The van der Waals surface area contributed by atoms with E-state index in [1.807, 2.05) is 13.8 Å². The summed E-state index contributed by atoms with van der Waals surface area (Å²) < 4.78 is 47.5. The number of piperidine rings is 1. The number of pyridine rings is 1. The molecule has 5 heterocycles. The highest BCUT2D eigenvalue weighted by Gasteiger charge is 2.49. The standard InChI is InChI=1S/C24H21F3N6O2/c1-23(2)7-19-20(13-4-3-12(24(25,26)27)5-18(13)35-19)32(10-23)22(34)14-6-16-15(8-30-14)31-21(28)17-9-29-11-33(16)17/h3-6,8-9,11,19-20H,7,10H2,1-2H3,(H2,28,31)/t19-,20-/m1/s1. The van der Waals surface area contributed by atoms with Gasteiger partial charge in [-0.1, -0.05) is 19.9 Å². The maximum Gasteiger partial charge on any atom is 0.416 e. The van der Waals surface area contributed by atoms with Gasteiger partial charge in [-0.3, -0.25) is 9.20 Å². The Morgan fingerprint density at radius 2 is 2.00 bits per heavy atom. The zero-order valence-electron chi connectivity index (χ0n) is 18.9. The molecule has 35 heavy (non-hydrogen) atoms. The van der Waals surface area contributed by atoms with Gasteiger partial charge < -0.3 is 15.4 Å². The molecule has 0 unspecified atom stereocenters. The van der Waals surface area contributed by atoms with Crippen molar-refractivity contribution in [1.29, 1.82) is 0 Å². The molecule has 0 bridgehead atoms. The van der Waals surface area contributed by atoms with Crippen LogP contribution in [0.3, 0.4) is 0 Å². The average Bonchev–Trinajstić information content (AvgIpc) is 3.41. The van der Waals surface area contributed by atoms with Crippen molar-refractivity contribution in [3.8, 4) is 5.75 Å². The number of carbonyl (C=O) groups excluding carboxylic acids is 1.